The minimum absolute atomic E-state index is 0.0669. The number of carbonyl (C=O) groups is 2. The fourth-order valence-electron chi connectivity index (χ4n) is 2.56. The van der Waals surface area contributed by atoms with Crippen LogP contribution in [0.2, 0.25) is 0 Å². The molecular formula is C18H19BrN2O3. The van der Waals surface area contributed by atoms with E-state index in [1.165, 1.54) is 6.26 Å². The zero-order chi connectivity index (χ0) is 16.9. The van der Waals surface area contributed by atoms with E-state index in [0.717, 1.165) is 22.9 Å². The summed E-state index contributed by atoms with van der Waals surface area (Å²) >= 11 is 3.46. The van der Waals surface area contributed by atoms with Gasteiger partial charge in [-0.15, -0.1) is 0 Å². The Morgan fingerprint density at radius 2 is 2.08 bits per heavy atom. The van der Waals surface area contributed by atoms with Gasteiger partial charge in [0.1, 0.15) is 0 Å². The molecule has 0 bridgehead atoms. The SMILES string of the molecule is O=C(NCCC(=O)N(Cc1cccc(Br)c1)C1CC1)c1ccco1. The summed E-state index contributed by atoms with van der Waals surface area (Å²) in [6.07, 6.45) is 3.85. The summed E-state index contributed by atoms with van der Waals surface area (Å²) in [6, 6.07) is 11.6. The minimum Gasteiger partial charge on any atom is -0.459 e. The van der Waals surface area contributed by atoms with Crippen LogP contribution in [0.4, 0.5) is 0 Å². The smallest absolute Gasteiger partial charge is 0.286 e. The van der Waals surface area contributed by atoms with Crippen molar-refractivity contribution in [2.75, 3.05) is 6.54 Å². The Bertz CT molecular complexity index is 711. The number of benzene rings is 1. The highest BCUT2D eigenvalue weighted by Gasteiger charge is 2.32. The Balaban J connectivity index is 1.52. The standard InChI is InChI=1S/C18H19BrN2O3/c19-14-4-1-3-13(11-14)12-21(15-6-7-15)17(22)8-9-20-18(23)16-5-2-10-24-16/h1-5,10-11,15H,6-9,12H2,(H,20,23). The predicted molar refractivity (Wildman–Crippen MR) is 93.4 cm³/mol. The maximum absolute atomic E-state index is 12.5. The van der Waals surface area contributed by atoms with Gasteiger partial charge in [-0.2, -0.15) is 0 Å². The van der Waals surface area contributed by atoms with Crippen LogP contribution in [0.5, 0.6) is 0 Å². The number of hydrogen-bond acceptors (Lipinski definition) is 3. The van der Waals surface area contributed by atoms with Crippen molar-refractivity contribution >= 4 is 27.7 Å². The number of nitrogens with one attached hydrogen (secondary N) is 1. The van der Waals surface area contributed by atoms with Crippen LogP contribution in [-0.4, -0.2) is 29.3 Å². The second kappa shape index (κ2) is 7.66. The highest BCUT2D eigenvalue weighted by atomic mass is 79.9. The summed E-state index contributed by atoms with van der Waals surface area (Å²) in [5.41, 5.74) is 1.10. The van der Waals surface area contributed by atoms with Crippen molar-refractivity contribution in [3.05, 3.63) is 58.5 Å². The summed E-state index contributed by atoms with van der Waals surface area (Å²) in [5, 5.41) is 2.72. The van der Waals surface area contributed by atoms with Gasteiger partial charge in [-0.3, -0.25) is 9.59 Å². The molecular weight excluding hydrogens is 372 g/mol. The number of nitrogens with zero attached hydrogens (tertiary/aromatic N) is 1. The molecule has 2 aromatic rings. The van der Waals surface area contributed by atoms with Crippen LogP contribution >= 0.6 is 15.9 Å². The van der Waals surface area contributed by atoms with Crippen LogP contribution in [0.3, 0.4) is 0 Å². The highest BCUT2D eigenvalue weighted by molar-refractivity contribution is 9.10. The Morgan fingerprint density at radius 1 is 1.25 bits per heavy atom. The van der Waals surface area contributed by atoms with Gasteiger partial charge in [0.05, 0.1) is 6.26 Å². The number of furan rings is 1. The number of hydrogen-bond donors (Lipinski definition) is 1. The van der Waals surface area contributed by atoms with Crippen LogP contribution in [0, 0.1) is 0 Å². The minimum atomic E-state index is -0.294. The van der Waals surface area contributed by atoms with Gasteiger partial charge in [-0.05, 0) is 42.7 Å². The first-order valence-electron chi connectivity index (χ1n) is 7.99. The Morgan fingerprint density at radius 3 is 2.75 bits per heavy atom. The Hall–Kier alpha value is -2.08. The maximum Gasteiger partial charge on any atom is 0.286 e. The third-order valence-electron chi connectivity index (χ3n) is 3.92. The van der Waals surface area contributed by atoms with E-state index in [-0.39, 0.29) is 24.0 Å². The molecule has 126 valence electrons. The van der Waals surface area contributed by atoms with E-state index in [4.69, 9.17) is 4.42 Å². The van der Waals surface area contributed by atoms with Crippen molar-refractivity contribution in [3.8, 4) is 0 Å². The molecule has 0 atom stereocenters. The quantitative estimate of drug-likeness (QED) is 0.788. The fourth-order valence-corrected chi connectivity index (χ4v) is 3.01. The molecule has 1 aliphatic carbocycles. The van der Waals surface area contributed by atoms with Gasteiger partial charge in [0.15, 0.2) is 5.76 Å². The zero-order valence-corrected chi connectivity index (χ0v) is 14.8. The van der Waals surface area contributed by atoms with E-state index in [0.29, 0.717) is 19.1 Å². The van der Waals surface area contributed by atoms with Crippen LogP contribution in [0.15, 0.2) is 51.6 Å². The molecule has 1 heterocycles. The lowest BCUT2D eigenvalue weighted by Crippen LogP contribution is -2.35. The molecule has 3 rings (SSSR count). The molecule has 1 fully saturated rings. The zero-order valence-electron chi connectivity index (χ0n) is 13.2. The summed E-state index contributed by atoms with van der Waals surface area (Å²) in [7, 11) is 0. The monoisotopic (exact) mass is 390 g/mol. The number of amides is 2. The molecule has 1 N–H and O–H groups in total. The van der Waals surface area contributed by atoms with E-state index in [9.17, 15) is 9.59 Å². The number of rotatable bonds is 7. The molecule has 1 aromatic carbocycles. The second-order valence-corrected chi connectivity index (χ2v) is 6.78. The molecule has 2 amide bonds. The Labute approximate surface area is 149 Å². The molecule has 6 heteroatoms. The molecule has 0 unspecified atom stereocenters. The molecule has 24 heavy (non-hydrogen) atoms. The van der Waals surface area contributed by atoms with E-state index >= 15 is 0 Å². The molecule has 5 nitrogen and oxygen atoms in total. The molecule has 1 aromatic heterocycles. The van der Waals surface area contributed by atoms with Gasteiger partial charge in [0, 0.05) is 30.0 Å². The van der Waals surface area contributed by atoms with Gasteiger partial charge in [0.2, 0.25) is 5.91 Å². The Kier molecular flexibility index (Phi) is 5.35. The average Bonchev–Trinajstić information content (AvgIpc) is 3.25. The number of halogens is 1. The molecule has 1 saturated carbocycles. The van der Waals surface area contributed by atoms with Crippen molar-refractivity contribution < 1.29 is 14.0 Å². The summed E-state index contributed by atoms with van der Waals surface area (Å²) in [6.45, 7) is 0.912. The van der Waals surface area contributed by atoms with Gasteiger partial charge >= 0.3 is 0 Å². The van der Waals surface area contributed by atoms with Gasteiger partial charge in [0.25, 0.3) is 5.91 Å². The van der Waals surface area contributed by atoms with Crippen LogP contribution in [0.25, 0.3) is 0 Å². The first-order chi connectivity index (χ1) is 11.6. The summed E-state index contributed by atoms with van der Waals surface area (Å²) < 4.78 is 6.04. The van der Waals surface area contributed by atoms with Gasteiger partial charge in [-0.25, -0.2) is 0 Å². The first kappa shape index (κ1) is 16.8. The summed E-state index contributed by atoms with van der Waals surface area (Å²) in [5.74, 6) is 0.0330. The maximum atomic E-state index is 12.5. The molecule has 0 aliphatic heterocycles. The molecule has 0 radical (unpaired) electrons. The molecule has 1 aliphatic rings. The predicted octanol–water partition coefficient (Wildman–Crippen LogP) is 3.35. The van der Waals surface area contributed by atoms with E-state index in [1.54, 1.807) is 12.1 Å². The third-order valence-corrected chi connectivity index (χ3v) is 4.41. The largest absolute Gasteiger partial charge is 0.459 e. The average molecular weight is 391 g/mol. The normalized spacial score (nSPS) is 13.5. The van der Waals surface area contributed by atoms with E-state index < -0.39 is 0 Å². The van der Waals surface area contributed by atoms with Crippen LogP contribution < -0.4 is 5.32 Å². The van der Waals surface area contributed by atoms with Crippen molar-refractivity contribution in [2.24, 2.45) is 0 Å². The third kappa shape index (κ3) is 4.47. The second-order valence-electron chi connectivity index (χ2n) is 5.87. The van der Waals surface area contributed by atoms with Crippen molar-refractivity contribution in [3.63, 3.8) is 0 Å². The first-order valence-corrected chi connectivity index (χ1v) is 8.78. The van der Waals surface area contributed by atoms with E-state index in [2.05, 4.69) is 21.2 Å². The van der Waals surface area contributed by atoms with E-state index in [1.807, 2.05) is 29.2 Å². The lowest BCUT2D eigenvalue weighted by molar-refractivity contribution is -0.132. The van der Waals surface area contributed by atoms with Crippen molar-refractivity contribution in [2.45, 2.75) is 31.8 Å². The van der Waals surface area contributed by atoms with Gasteiger partial charge < -0.3 is 14.6 Å². The topological polar surface area (TPSA) is 62.6 Å². The van der Waals surface area contributed by atoms with Crippen LogP contribution in [0.1, 0.15) is 35.4 Å². The highest BCUT2D eigenvalue weighted by Crippen LogP contribution is 2.29. The fraction of sp³-hybridized carbons (Fsp3) is 0.333. The number of carbonyl (C=O) groups excluding carboxylic acids is 2. The van der Waals surface area contributed by atoms with Crippen LogP contribution in [-0.2, 0) is 11.3 Å². The molecule has 0 spiro atoms. The lowest BCUT2D eigenvalue weighted by atomic mass is 10.2. The van der Waals surface area contributed by atoms with Gasteiger partial charge in [-0.1, -0.05) is 28.1 Å². The summed E-state index contributed by atoms with van der Waals surface area (Å²) in [4.78, 5) is 26.2. The van der Waals surface area contributed by atoms with Crippen molar-refractivity contribution in [1.29, 1.82) is 0 Å². The molecule has 0 saturated heterocycles. The van der Waals surface area contributed by atoms with Crippen molar-refractivity contribution in [1.82, 2.24) is 10.2 Å². The lowest BCUT2D eigenvalue weighted by Gasteiger charge is -2.23.